The molecule has 0 spiro atoms. The highest BCUT2D eigenvalue weighted by Crippen LogP contribution is 2.46. The van der Waals surface area contributed by atoms with Crippen LogP contribution in [0.1, 0.15) is 21.1 Å². The molecular formula is C18H18FN7OS. The van der Waals surface area contributed by atoms with Crippen molar-refractivity contribution < 1.29 is 9.18 Å². The number of rotatable bonds is 2. The molecule has 2 aliphatic heterocycles. The van der Waals surface area contributed by atoms with Crippen molar-refractivity contribution in [3.05, 3.63) is 39.1 Å². The molecule has 1 saturated heterocycles. The summed E-state index contributed by atoms with van der Waals surface area (Å²) >= 11 is 1.30. The number of amides is 1. The Labute approximate surface area is 165 Å². The second-order valence-corrected chi connectivity index (χ2v) is 8.09. The summed E-state index contributed by atoms with van der Waals surface area (Å²) in [6.45, 7) is 3.80. The zero-order valence-electron chi connectivity index (χ0n) is 15.6. The molecule has 8 nitrogen and oxygen atoms in total. The molecule has 0 aliphatic carbocycles. The molecule has 0 aromatic carbocycles. The summed E-state index contributed by atoms with van der Waals surface area (Å²) in [7, 11) is 1.59. The normalized spacial score (nSPS) is 24.2. The Morgan fingerprint density at radius 1 is 1.36 bits per heavy atom. The van der Waals surface area contributed by atoms with Gasteiger partial charge in [0, 0.05) is 18.5 Å². The maximum Gasteiger partial charge on any atom is 0.236 e. The van der Waals surface area contributed by atoms with Crippen LogP contribution in [-0.4, -0.2) is 46.9 Å². The summed E-state index contributed by atoms with van der Waals surface area (Å²) in [5.41, 5.74) is 5.61. The second-order valence-electron chi connectivity index (χ2n) is 7.01. The molecule has 28 heavy (non-hydrogen) atoms. The molecule has 144 valence electrons. The van der Waals surface area contributed by atoms with E-state index in [-0.39, 0.29) is 23.3 Å². The number of aliphatic imine (C=N–C) groups is 1. The lowest BCUT2D eigenvalue weighted by Gasteiger charge is -2.36. The van der Waals surface area contributed by atoms with Gasteiger partial charge in [0.15, 0.2) is 11.8 Å². The molecule has 4 rings (SSSR count). The Bertz CT molecular complexity index is 1040. The predicted molar refractivity (Wildman–Crippen MR) is 102 cm³/mol. The smallest absolute Gasteiger partial charge is 0.236 e. The first kappa shape index (κ1) is 18.3. The summed E-state index contributed by atoms with van der Waals surface area (Å²) in [6, 6.07) is 5.65. The number of carbonyl (C=O) groups excluding carboxylic acids is 1. The van der Waals surface area contributed by atoms with Gasteiger partial charge in [0.1, 0.15) is 16.5 Å². The zero-order chi connectivity index (χ0) is 20.2. The van der Waals surface area contributed by atoms with Crippen molar-refractivity contribution >= 4 is 29.2 Å². The zero-order valence-corrected chi connectivity index (χ0v) is 16.4. The van der Waals surface area contributed by atoms with E-state index in [9.17, 15) is 14.4 Å². The lowest BCUT2D eigenvalue weighted by molar-refractivity contribution is -0.132. The van der Waals surface area contributed by atoms with Gasteiger partial charge in [-0.05, 0) is 26.0 Å². The lowest BCUT2D eigenvalue weighted by Crippen LogP contribution is -2.54. The van der Waals surface area contributed by atoms with Crippen molar-refractivity contribution in [3.63, 3.8) is 0 Å². The summed E-state index contributed by atoms with van der Waals surface area (Å²) in [5, 5.41) is 9.21. The van der Waals surface area contributed by atoms with Crippen molar-refractivity contribution in [2.24, 2.45) is 16.6 Å². The second kappa shape index (κ2) is 6.24. The first-order valence-corrected chi connectivity index (χ1v) is 9.47. The van der Waals surface area contributed by atoms with Crippen LogP contribution in [-0.2, 0) is 10.3 Å². The van der Waals surface area contributed by atoms with Gasteiger partial charge in [0.05, 0.1) is 23.9 Å². The van der Waals surface area contributed by atoms with Crippen LogP contribution in [0, 0.1) is 36.9 Å². The van der Waals surface area contributed by atoms with Gasteiger partial charge in [-0.25, -0.2) is 19.4 Å². The number of nitriles is 1. The Morgan fingerprint density at radius 3 is 2.64 bits per heavy atom. The van der Waals surface area contributed by atoms with Gasteiger partial charge in [0.25, 0.3) is 0 Å². The number of hydrogen-bond acceptors (Lipinski definition) is 8. The number of hydrogen-bond donors (Lipinski definition) is 1. The number of halogens is 1. The molecule has 0 saturated carbocycles. The summed E-state index contributed by atoms with van der Waals surface area (Å²) < 4.78 is 14.0. The highest BCUT2D eigenvalue weighted by molar-refractivity contribution is 7.12. The molecule has 2 aromatic heterocycles. The number of thiophene rings is 1. The van der Waals surface area contributed by atoms with E-state index in [1.807, 2.05) is 11.0 Å². The van der Waals surface area contributed by atoms with Gasteiger partial charge in [-0.1, -0.05) is 0 Å². The van der Waals surface area contributed by atoms with Gasteiger partial charge in [-0.15, -0.1) is 11.3 Å². The number of anilines is 1. The van der Waals surface area contributed by atoms with Crippen molar-refractivity contribution in [2.45, 2.75) is 19.4 Å². The van der Waals surface area contributed by atoms with E-state index in [1.54, 1.807) is 27.0 Å². The fraction of sp³-hybridized carbons (Fsp3) is 0.389. The quantitative estimate of drug-likeness (QED) is 0.814. The highest BCUT2D eigenvalue weighted by Gasteiger charge is 2.56. The fourth-order valence-electron chi connectivity index (χ4n) is 3.77. The van der Waals surface area contributed by atoms with E-state index in [0.29, 0.717) is 23.9 Å². The maximum absolute atomic E-state index is 14.0. The first-order chi connectivity index (χ1) is 13.3. The van der Waals surface area contributed by atoms with E-state index < -0.39 is 17.3 Å². The SMILES string of the molecule is Cc1nc(N2C[C@H]3C(=O)N(C)C(N)=N[C@@]3(c3ccc(C#N)s3)C2)nc(C)c1F. The molecule has 2 atom stereocenters. The highest BCUT2D eigenvalue weighted by atomic mass is 32.1. The Balaban J connectivity index is 1.84. The topological polar surface area (TPSA) is 112 Å². The molecule has 10 heteroatoms. The van der Waals surface area contributed by atoms with Crippen molar-refractivity contribution in [2.75, 3.05) is 25.0 Å². The van der Waals surface area contributed by atoms with Crippen LogP contribution in [0.4, 0.5) is 10.3 Å². The van der Waals surface area contributed by atoms with Gasteiger partial charge in [-0.3, -0.25) is 9.69 Å². The molecule has 2 N–H and O–H groups in total. The fourth-order valence-corrected chi connectivity index (χ4v) is 4.76. The van der Waals surface area contributed by atoms with E-state index in [1.165, 1.54) is 16.2 Å². The maximum atomic E-state index is 14.0. The number of fused-ring (bicyclic) bond motifs is 1. The Kier molecular flexibility index (Phi) is 4.08. The molecular weight excluding hydrogens is 381 g/mol. The standard InChI is InChI=1S/C18H18FN7OS/c1-9-14(19)10(2)23-17(22-9)26-7-12-15(27)25(3)16(21)24-18(12,8-26)13-5-4-11(6-20)28-13/h4-5,12H,7-8H2,1-3H3,(H2,21,24)/t12-,18-/m0/s1. The van der Waals surface area contributed by atoms with Crippen molar-refractivity contribution in [1.82, 2.24) is 14.9 Å². The number of nitrogens with zero attached hydrogens (tertiary/aromatic N) is 6. The summed E-state index contributed by atoms with van der Waals surface area (Å²) in [5.74, 6) is -0.624. The molecule has 1 amide bonds. The van der Waals surface area contributed by atoms with Crippen LogP contribution < -0.4 is 10.6 Å². The van der Waals surface area contributed by atoms with Crippen LogP contribution in [0.25, 0.3) is 0 Å². The minimum absolute atomic E-state index is 0.127. The molecule has 0 bridgehead atoms. The van der Waals surface area contributed by atoms with Gasteiger partial charge >= 0.3 is 0 Å². The molecule has 0 radical (unpaired) electrons. The number of aromatic nitrogens is 2. The third-order valence-electron chi connectivity index (χ3n) is 5.29. The van der Waals surface area contributed by atoms with Gasteiger partial charge < -0.3 is 10.6 Å². The average Bonchev–Trinajstić information content (AvgIpc) is 3.29. The lowest BCUT2D eigenvalue weighted by atomic mass is 9.84. The van der Waals surface area contributed by atoms with E-state index in [2.05, 4.69) is 16.0 Å². The van der Waals surface area contributed by atoms with Crippen LogP contribution in [0.15, 0.2) is 17.1 Å². The molecule has 1 fully saturated rings. The van der Waals surface area contributed by atoms with Crippen LogP contribution in [0.2, 0.25) is 0 Å². The van der Waals surface area contributed by atoms with E-state index in [4.69, 9.17) is 10.7 Å². The van der Waals surface area contributed by atoms with E-state index in [0.717, 1.165) is 4.88 Å². The molecule has 4 heterocycles. The monoisotopic (exact) mass is 399 g/mol. The number of aryl methyl sites for hydroxylation is 2. The summed E-state index contributed by atoms with van der Waals surface area (Å²) in [6.07, 6.45) is 0. The van der Waals surface area contributed by atoms with Crippen LogP contribution in [0.5, 0.6) is 0 Å². The molecule has 2 aliphatic rings. The van der Waals surface area contributed by atoms with Gasteiger partial charge in [0.2, 0.25) is 11.9 Å². The van der Waals surface area contributed by atoms with Crippen LogP contribution in [0.3, 0.4) is 0 Å². The Hall–Kier alpha value is -3.06. The molecule has 0 unspecified atom stereocenters. The third-order valence-corrected chi connectivity index (χ3v) is 6.45. The minimum atomic E-state index is -0.924. The third kappa shape index (κ3) is 2.54. The summed E-state index contributed by atoms with van der Waals surface area (Å²) in [4.78, 5) is 30.7. The predicted octanol–water partition coefficient (Wildman–Crippen LogP) is 1.28. The van der Waals surface area contributed by atoms with Gasteiger partial charge in [-0.2, -0.15) is 5.26 Å². The number of nitrogens with two attached hydrogens (primary N) is 1. The minimum Gasteiger partial charge on any atom is -0.369 e. The number of guanidine groups is 1. The van der Waals surface area contributed by atoms with Crippen LogP contribution >= 0.6 is 11.3 Å². The molecule has 2 aromatic rings. The first-order valence-electron chi connectivity index (χ1n) is 8.66. The average molecular weight is 399 g/mol. The Morgan fingerprint density at radius 2 is 2.04 bits per heavy atom. The van der Waals surface area contributed by atoms with E-state index >= 15 is 0 Å². The number of carbonyl (C=O) groups is 1. The van der Waals surface area contributed by atoms with Crippen molar-refractivity contribution in [3.8, 4) is 6.07 Å². The van der Waals surface area contributed by atoms with Crippen molar-refractivity contribution in [1.29, 1.82) is 5.26 Å². The largest absolute Gasteiger partial charge is 0.369 e.